The zero-order valence-corrected chi connectivity index (χ0v) is 13.8. The number of alkyl halides is 3. The largest absolute Gasteiger partial charge is 0.405 e. The zero-order chi connectivity index (χ0) is 18.4. The summed E-state index contributed by atoms with van der Waals surface area (Å²) < 4.78 is 49.0. The van der Waals surface area contributed by atoms with Crippen LogP contribution in [0.1, 0.15) is 18.3 Å². The van der Waals surface area contributed by atoms with E-state index in [1.165, 1.54) is 19.1 Å². The minimum Gasteiger partial charge on any atom is -0.346 e. The molecule has 0 fully saturated rings. The summed E-state index contributed by atoms with van der Waals surface area (Å²) in [5, 5.41) is 7.77. The SMILES string of the molecule is C[C@H](Sc1n[nH]c(/C=C\c2ccc(F)cc2)n1)C(=O)NCC(F)(F)F. The third-order valence-corrected chi connectivity index (χ3v) is 3.86. The number of carbonyl (C=O) groups excluding carboxylic acids is 1. The average Bonchev–Trinajstić information content (AvgIpc) is 2.98. The number of halogens is 4. The highest BCUT2D eigenvalue weighted by molar-refractivity contribution is 8.00. The lowest BCUT2D eigenvalue weighted by Gasteiger charge is -2.11. The number of rotatable bonds is 6. The molecule has 5 nitrogen and oxygen atoms in total. The van der Waals surface area contributed by atoms with E-state index in [4.69, 9.17) is 0 Å². The van der Waals surface area contributed by atoms with Crippen LogP contribution in [-0.2, 0) is 4.79 Å². The Hall–Kier alpha value is -2.36. The Balaban J connectivity index is 1.90. The molecule has 0 aliphatic heterocycles. The first-order valence-electron chi connectivity index (χ1n) is 7.10. The van der Waals surface area contributed by atoms with Crippen LogP contribution in [0.25, 0.3) is 12.2 Å². The van der Waals surface area contributed by atoms with Gasteiger partial charge in [-0.3, -0.25) is 9.89 Å². The van der Waals surface area contributed by atoms with E-state index in [-0.39, 0.29) is 11.0 Å². The number of hydrogen-bond acceptors (Lipinski definition) is 4. The number of hydrogen-bond donors (Lipinski definition) is 2. The third-order valence-electron chi connectivity index (χ3n) is 2.90. The summed E-state index contributed by atoms with van der Waals surface area (Å²) in [5.41, 5.74) is 0.756. The van der Waals surface area contributed by atoms with E-state index in [1.54, 1.807) is 29.6 Å². The molecule has 25 heavy (non-hydrogen) atoms. The summed E-state index contributed by atoms with van der Waals surface area (Å²) in [6, 6.07) is 5.82. The van der Waals surface area contributed by atoms with Crippen molar-refractivity contribution >= 4 is 29.8 Å². The topological polar surface area (TPSA) is 70.7 Å². The number of benzene rings is 1. The van der Waals surface area contributed by atoms with Crippen molar-refractivity contribution in [3.8, 4) is 0 Å². The van der Waals surface area contributed by atoms with Gasteiger partial charge in [0.2, 0.25) is 11.1 Å². The molecule has 2 aromatic rings. The van der Waals surface area contributed by atoms with Gasteiger partial charge >= 0.3 is 6.18 Å². The number of carbonyl (C=O) groups is 1. The number of H-pyrrole nitrogens is 1. The Labute approximate surface area is 144 Å². The van der Waals surface area contributed by atoms with Crippen molar-refractivity contribution < 1.29 is 22.4 Å². The van der Waals surface area contributed by atoms with Crippen molar-refractivity contribution in [1.82, 2.24) is 20.5 Å². The molecule has 0 spiro atoms. The summed E-state index contributed by atoms with van der Waals surface area (Å²) in [7, 11) is 0. The second kappa shape index (κ2) is 8.15. The number of thioether (sulfide) groups is 1. The monoisotopic (exact) mass is 374 g/mol. The number of aromatic nitrogens is 3. The van der Waals surface area contributed by atoms with Crippen molar-refractivity contribution in [2.45, 2.75) is 23.5 Å². The molecule has 2 N–H and O–H groups in total. The number of amides is 1. The molecule has 1 amide bonds. The Morgan fingerprint density at radius 3 is 2.64 bits per heavy atom. The van der Waals surface area contributed by atoms with Crippen molar-refractivity contribution in [3.63, 3.8) is 0 Å². The lowest BCUT2D eigenvalue weighted by atomic mass is 10.2. The smallest absolute Gasteiger partial charge is 0.346 e. The summed E-state index contributed by atoms with van der Waals surface area (Å²) in [6.45, 7) is 0.0805. The van der Waals surface area contributed by atoms with Crippen molar-refractivity contribution in [2.75, 3.05) is 6.54 Å². The fourth-order valence-electron chi connectivity index (χ4n) is 1.68. The molecule has 1 atom stereocenters. The Morgan fingerprint density at radius 1 is 1.32 bits per heavy atom. The van der Waals surface area contributed by atoms with Crippen LogP contribution in [0, 0.1) is 5.82 Å². The molecule has 1 aromatic heterocycles. The van der Waals surface area contributed by atoms with Gasteiger partial charge < -0.3 is 5.32 Å². The van der Waals surface area contributed by atoms with E-state index < -0.39 is 23.9 Å². The second-order valence-electron chi connectivity index (χ2n) is 4.98. The van der Waals surface area contributed by atoms with E-state index >= 15 is 0 Å². The molecule has 1 aromatic carbocycles. The average molecular weight is 374 g/mol. The lowest BCUT2D eigenvalue weighted by molar-refractivity contribution is -0.137. The quantitative estimate of drug-likeness (QED) is 0.601. The zero-order valence-electron chi connectivity index (χ0n) is 13.0. The number of aromatic amines is 1. The predicted octanol–water partition coefficient (Wildman–Crippen LogP) is 3.27. The first-order chi connectivity index (χ1) is 11.7. The highest BCUT2D eigenvalue weighted by Crippen LogP contribution is 2.20. The van der Waals surface area contributed by atoms with Crippen molar-refractivity contribution in [3.05, 3.63) is 41.5 Å². The lowest BCUT2D eigenvalue weighted by Crippen LogP contribution is -2.38. The van der Waals surface area contributed by atoms with E-state index in [1.807, 2.05) is 0 Å². The Morgan fingerprint density at radius 2 is 2.00 bits per heavy atom. The van der Waals surface area contributed by atoms with E-state index in [9.17, 15) is 22.4 Å². The highest BCUT2D eigenvalue weighted by Gasteiger charge is 2.29. The molecule has 10 heteroatoms. The van der Waals surface area contributed by atoms with Crippen LogP contribution in [0.4, 0.5) is 17.6 Å². The van der Waals surface area contributed by atoms with Gasteiger partial charge in [0.1, 0.15) is 18.2 Å². The van der Waals surface area contributed by atoms with Gasteiger partial charge in [0.15, 0.2) is 0 Å². The van der Waals surface area contributed by atoms with E-state index in [0.29, 0.717) is 5.82 Å². The fourth-order valence-corrected chi connectivity index (χ4v) is 2.43. The normalized spacial score (nSPS) is 13.2. The van der Waals surface area contributed by atoms with Crippen LogP contribution in [-0.4, -0.2) is 39.1 Å². The molecule has 2 rings (SSSR count). The highest BCUT2D eigenvalue weighted by atomic mass is 32.2. The molecule has 0 radical (unpaired) electrons. The maximum Gasteiger partial charge on any atom is 0.405 e. The standard InChI is InChI=1S/C15H14F4N4OS/c1-9(13(24)20-8-15(17,18)19)25-14-21-12(22-23-14)7-4-10-2-5-11(16)6-3-10/h2-7,9H,8H2,1H3,(H,20,24)(H,21,22,23)/b7-4-/t9-/m0/s1. The maximum atomic E-state index is 12.8. The van der Waals surface area contributed by atoms with Gasteiger partial charge in [-0.15, -0.1) is 5.10 Å². The molecule has 0 unspecified atom stereocenters. The van der Waals surface area contributed by atoms with Gasteiger partial charge in [-0.1, -0.05) is 30.0 Å². The maximum absolute atomic E-state index is 12.8. The van der Waals surface area contributed by atoms with Gasteiger partial charge in [0.25, 0.3) is 0 Å². The van der Waals surface area contributed by atoms with Crippen molar-refractivity contribution in [2.24, 2.45) is 0 Å². The van der Waals surface area contributed by atoms with Gasteiger partial charge in [0.05, 0.1) is 5.25 Å². The van der Waals surface area contributed by atoms with Gasteiger partial charge in [-0.25, -0.2) is 9.37 Å². The Kier molecular flexibility index (Phi) is 6.18. The number of nitrogens with one attached hydrogen (secondary N) is 2. The molecule has 0 aliphatic carbocycles. The molecular formula is C15H14F4N4OS. The van der Waals surface area contributed by atoms with Crippen LogP contribution in [0.2, 0.25) is 0 Å². The van der Waals surface area contributed by atoms with Gasteiger partial charge in [-0.05, 0) is 30.7 Å². The number of nitrogens with zero attached hydrogens (tertiary/aromatic N) is 2. The summed E-state index contributed by atoms with van der Waals surface area (Å²) in [5.74, 6) is -0.696. The molecule has 0 saturated heterocycles. The van der Waals surface area contributed by atoms with Crippen LogP contribution in [0.3, 0.4) is 0 Å². The molecule has 1 heterocycles. The van der Waals surface area contributed by atoms with E-state index in [0.717, 1.165) is 17.3 Å². The summed E-state index contributed by atoms with van der Waals surface area (Å²) >= 11 is 0.930. The molecule has 0 aliphatic rings. The van der Waals surface area contributed by atoms with Crippen LogP contribution in [0.15, 0.2) is 29.4 Å². The summed E-state index contributed by atoms with van der Waals surface area (Å²) in [4.78, 5) is 15.7. The van der Waals surface area contributed by atoms with Gasteiger partial charge in [0, 0.05) is 0 Å². The van der Waals surface area contributed by atoms with Crippen LogP contribution >= 0.6 is 11.8 Å². The van der Waals surface area contributed by atoms with Gasteiger partial charge in [-0.2, -0.15) is 13.2 Å². The fraction of sp³-hybridized carbons (Fsp3) is 0.267. The molecular weight excluding hydrogens is 360 g/mol. The summed E-state index contributed by atoms with van der Waals surface area (Å²) in [6.07, 6.45) is -1.16. The second-order valence-corrected chi connectivity index (χ2v) is 6.29. The predicted molar refractivity (Wildman–Crippen MR) is 86.1 cm³/mol. The van der Waals surface area contributed by atoms with Crippen molar-refractivity contribution in [1.29, 1.82) is 0 Å². The molecule has 134 valence electrons. The van der Waals surface area contributed by atoms with E-state index in [2.05, 4.69) is 15.2 Å². The minimum atomic E-state index is -4.46. The first kappa shape index (κ1) is 19.0. The van der Waals surface area contributed by atoms with Crippen LogP contribution in [0.5, 0.6) is 0 Å². The minimum absolute atomic E-state index is 0.230. The third kappa shape index (κ3) is 6.57. The Bertz CT molecular complexity index is 743. The molecule has 0 saturated carbocycles. The molecule has 0 bridgehead atoms. The first-order valence-corrected chi connectivity index (χ1v) is 7.98. The van der Waals surface area contributed by atoms with Crippen LogP contribution < -0.4 is 5.32 Å².